The molecule has 0 saturated carbocycles. The molecule has 0 aromatic rings. The van der Waals surface area contributed by atoms with Crippen molar-refractivity contribution in [2.24, 2.45) is 11.5 Å². The molecule has 0 aromatic heterocycles. The van der Waals surface area contributed by atoms with Gasteiger partial charge < -0.3 is 51.8 Å². The molecule has 242 valence electrons. The molecule has 1 unspecified atom stereocenters. The van der Waals surface area contributed by atoms with Gasteiger partial charge in [0.2, 0.25) is 23.6 Å². The van der Waals surface area contributed by atoms with Gasteiger partial charge in [-0.15, -0.1) is 0 Å². The molecular weight excluding hydrogens is 554 g/mol. The standard InChI is InChI=1S/C27H49N5O10/c1-5-6-7-8-9-10-13-30-20(35)12-11-18(24(29)37)31-25(38)15(2)32(17(4)34)26-21(28)23(41-16(3)27(39)40)22(36)19(14-33)42-26/h15-16,18-19,21-23,26,33,36H,5-14,28H2,1-4H3,(H2,29,37)(H,30,35)(H,31,38)(H,39,40)/t15-,16+,18+,19+,21+,22+,23+,26?/m0/s1. The first-order chi connectivity index (χ1) is 19.8. The molecule has 1 aliphatic heterocycles. The summed E-state index contributed by atoms with van der Waals surface area (Å²) in [6.45, 7) is 5.62. The molecule has 9 N–H and O–H groups in total. The first-order valence-electron chi connectivity index (χ1n) is 14.5. The molecule has 0 aliphatic carbocycles. The lowest BCUT2D eigenvalue weighted by Gasteiger charge is -2.48. The number of unbranched alkanes of at least 4 members (excludes halogenated alkanes) is 5. The number of aliphatic hydroxyl groups excluding tert-OH is 2. The third-order valence-corrected chi connectivity index (χ3v) is 7.24. The van der Waals surface area contributed by atoms with Gasteiger partial charge in [-0.2, -0.15) is 0 Å². The van der Waals surface area contributed by atoms with Crippen LogP contribution in [0.4, 0.5) is 0 Å². The number of carbonyl (C=O) groups excluding carboxylic acids is 4. The van der Waals surface area contributed by atoms with Crippen LogP contribution >= 0.6 is 0 Å². The highest BCUT2D eigenvalue weighted by Gasteiger charge is 2.49. The maximum absolute atomic E-state index is 13.2. The summed E-state index contributed by atoms with van der Waals surface area (Å²) in [6.07, 6.45) is -0.743. The lowest BCUT2D eigenvalue weighted by atomic mass is 9.94. The minimum atomic E-state index is -1.53. The topological polar surface area (TPSA) is 244 Å². The summed E-state index contributed by atoms with van der Waals surface area (Å²) in [6, 6.07) is -3.84. The number of aliphatic hydroxyl groups is 2. The molecule has 1 aliphatic rings. The van der Waals surface area contributed by atoms with E-state index in [4.69, 9.17) is 20.9 Å². The van der Waals surface area contributed by atoms with E-state index in [2.05, 4.69) is 17.6 Å². The van der Waals surface area contributed by atoms with Crippen molar-refractivity contribution in [1.29, 1.82) is 0 Å². The van der Waals surface area contributed by atoms with E-state index >= 15 is 0 Å². The largest absolute Gasteiger partial charge is 0.479 e. The Labute approximate surface area is 246 Å². The van der Waals surface area contributed by atoms with Gasteiger partial charge in [-0.3, -0.25) is 19.2 Å². The number of nitrogens with one attached hydrogen (secondary N) is 2. The number of ether oxygens (including phenoxy) is 2. The summed E-state index contributed by atoms with van der Waals surface area (Å²) >= 11 is 0. The van der Waals surface area contributed by atoms with E-state index in [9.17, 15) is 39.3 Å². The fourth-order valence-electron chi connectivity index (χ4n) is 4.69. The molecule has 1 rings (SSSR count). The number of carboxylic acids is 1. The maximum Gasteiger partial charge on any atom is 0.332 e. The van der Waals surface area contributed by atoms with Crippen LogP contribution in [-0.2, 0) is 33.4 Å². The first-order valence-corrected chi connectivity index (χ1v) is 14.5. The summed E-state index contributed by atoms with van der Waals surface area (Å²) in [5.41, 5.74) is 11.7. The molecular formula is C27H49N5O10. The van der Waals surface area contributed by atoms with Crippen LogP contribution in [0.15, 0.2) is 0 Å². The van der Waals surface area contributed by atoms with Crippen molar-refractivity contribution in [3.63, 3.8) is 0 Å². The summed E-state index contributed by atoms with van der Waals surface area (Å²) in [4.78, 5) is 62.4. The van der Waals surface area contributed by atoms with Gasteiger partial charge in [0.15, 0.2) is 12.3 Å². The lowest BCUT2D eigenvalue weighted by molar-refractivity contribution is -0.245. The monoisotopic (exact) mass is 603 g/mol. The van der Waals surface area contributed by atoms with E-state index < -0.39 is 79.1 Å². The highest BCUT2D eigenvalue weighted by Crippen LogP contribution is 2.27. The normalized spacial score (nSPS) is 24.2. The third kappa shape index (κ3) is 11.4. The van der Waals surface area contributed by atoms with Crippen LogP contribution in [0.3, 0.4) is 0 Å². The van der Waals surface area contributed by atoms with Gasteiger partial charge in [0, 0.05) is 19.9 Å². The molecule has 15 nitrogen and oxygen atoms in total. The number of primary amides is 1. The summed E-state index contributed by atoms with van der Waals surface area (Å²) in [5.74, 6) is -3.98. The van der Waals surface area contributed by atoms with E-state index in [1.54, 1.807) is 0 Å². The quantitative estimate of drug-likeness (QED) is 0.0857. The van der Waals surface area contributed by atoms with Crippen LogP contribution in [0.2, 0.25) is 0 Å². The van der Waals surface area contributed by atoms with Crippen LogP contribution in [0.25, 0.3) is 0 Å². The van der Waals surface area contributed by atoms with Crippen molar-refractivity contribution in [2.75, 3.05) is 13.2 Å². The Morgan fingerprint density at radius 1 is 1.07 bits per heavy atom. The van der Waals surface area contributed by atoms with E-state index in [0.29, 0.717) is 6.54 Å². The first kappa shape index (κ1) is 37.2. The Bertz CT molecular complexity index is 907. The third-order valence-electron chi connectivity index (χ3n) is 7.24. The van der Waals surface area contributed by atoms with Crippen molar-refractivity contribution in [2.45, 2.75) is 128 Å². The molecule has 1 saturated heterocycles. The fourth-order valence-corrected chi connectivity index (χ4v) is 4.69. The molecule has 42 heavy (non-hydrogen) atoms. The zero-order valence-electron chi connectivity index (χ0n) is 25.0. The SMILES string of the molecule is CCCCCCCCNC(=O)CC[C@@H](NC(=O)[C@H](C)N(C(C)=O)C1O[C@H](CO)[C@@H](O)[C@H](O[C@H](C)C(=O)O)[C@H]1N)C(N)=O. The zero-order valence-corrected chi connectivity index (χ0v) is 25.0. The van der Waals surface area contributed by atoms with Crippen molar-refractivity contribution in [3.05, 3.63) is 0 Å². The number of amides is 4. The smallest absolute Gasteiger partial charge is 0.332 e. The number of rotatable bonds is 19. The minimum absolute atomic E-state index is 0.0675. The average molecular weight is 604 g/mol. The molecule has 4 amide bonds. The molecule has 15 heteroatoms. The van der Waals surface area contributed by atoms with Crippen LogP contribution in [0.5, 0.6) is 0 Å². The van der Waals surface area contributed by atoms with Crippen molar-refractivity contribution in [1.82, 2.24) is 15.5 Å². The fraction of sp³-hybridized carbons (Fsp3) is 0.815. The molecule has 8 atom stereocenters. The Kier molecular flexibility index (Phi) is 16.5. The number of carboxylic acid groups (broad SMARTS) is 1. The number of hydrogen-bond acceptors (Lipinski definition) is 10. The van der Waals surface area contributed by atoms with Gasteiger partial charge in [-0.1, -0.05) is 39.0 Å². The maximum atomic E-state index is 13.2. The molecule has 0 radical (unpaired) electrons. The Morgan fingerprint density at radius 3 is 2.24 bits per heavy atom. The van der Waals surface area contributed by atoms with Gasteiger partial charge in [-0.05, 0) is 26.7 Å². The molecule has 0 spiro atoms. The van der Waals surface area contributed by atoms with Crippen LogP contribution < -0.4 is 22.1 Å². The second-order valence-electron chi connectivity index (χ2n) is 10.6. The summed E-state index contributed by atoms with van der Waals surface area (Å²) in [5, 5.41) is 34.8. The number of nitrogens with zero attached hydrogens (tertiary/aromatic N) is 1. The van der Waals surface area contributed by atoms with Crippen molar-refractivity contribution >= 4 is 29.6 Å². The number of carbonyl (C=O) groups is 5. The number of hydrogen-bond donors (Lipinski definition) is 7. The van der Waals surface area contributed by atoms with Crippen LogP contribution in [0, 0.1) is 0 Å². The Balaban J connectivity index is 2.88. The Hall–Kier alpha value is -2.85. The highest BCUT2D eigenvalue weighted by molar-refractivity contribution is 5.91. The summed E-state index contributed by atoms with van der Waals surface area (Å²) < 4.78 is 11.1. The van der Waals surface area contributed by atoms with E-state index in [-0.39, 0.29) is 18.7 Å². The zero-order chi connectivity index (χ0) is 32.0. The average Bonchev–Trinajstić information content (AvgIpc) is 2.93. The molecule has 0 aromatic carbocycles. The predicted molar refractivity (Wildman–Crippen MR) is 150 cm³/mol. The minimum Gasteiger partial charge on any atom is -0.479 e. The molecule has 0 bridgehead atoms. The van der Waals surface area contributed by atoms with E-state index in [0.717, 1.165) is 43.9 Å². The van der Waals surface area contributed by atoms with Gasteiger partial charge in [0.25, 0.3) is 0 Å². The van der Waals surface area contributed by atoms with Gasteiger partial charge in [0.05, 0.1) is 12.6 Å². The van der Waals surface area contributed by atoms with Crippen molar-refractivity contribution in [3.8, 4) is 0 Å². The predicted octanol–water partition coefficient (Wildman–Crippen LogP) is -1.29. The molecule has 1 fully saturated rings. The van der Waals surface area contributed by atoms with E-state index in [1.165, 1.54) is 20.3 Å². The number of aliphatic carboxylic acids is 1. The molecule has 1 heterocycles. The van der Waals surface area contributed by atoms with Gasteiger partial charge >= 0.3 is 5.97 Å². The number of nitrogens with two attached hydrogens (primary N) is 2. The summed E-state index contributed by atoms with van der Waals surface area (Å²) in [7, 11) is 0. The van der Waals surface area contributed by atoms with E-state index in [1.807, 2.05) is 0 Å². The van der Waals surface area contributed by atoms with Gasteiger partial charge in [0.1, 0.15) is 30.4 Å². The van der Waals surface area contributed by atoms with Gasteiger partial charge in [-0.25, -0.2) is 4.79 Å². The Morgan fingerprint density at radius 2 is 1.69 bits per heavy atom. The highest BCUT2D eigenvalue weighted by atomic mass is 16.6. The lowest BCUT2D eigenvalue weighted by Crippen LogP contribution is -2.70. The second-order valence-corrected chi connectivity index (χ2v) is 10.6. The van der Waals surface area contributed by atoms with Crippen LogP contribution in [0.1, 0.15) is 79.1 Å². The second kappa shape index (κ2) is 18.6. The van der Waals surface area contributed by atoms with Crippen molar-refractivity contribution < 1.29 is 48.8 Å². The van der Waals surface area contributed by atoms with Crippen LogP contribution in [-0.4, -0.2) is 112 Å².